The van der Waals surface area contributed by atoms with Crippen LogP contribution in [-0.4, -0.2) is 39.8 Å². The number of ether oxygens (including phenoxy) is 2. The van der Waals surface area contributed by atoms with E-state index < -0.39 is 29.7 Å². The molecule has 1 heterocycles. The van der Waals surface area contributed by atoms with Crippen LogP contribution >= 0.6 is 11.6 Å². The van der Waals surface area contributed by atoms with Gasteiger partial charge in [-0.05, 0) is 43.7 Å². The molecule has 0 amide bonds. The SMILES string of the molecule is C=C/C=C(OC(C)C)\C(F)=C/CNc1nc(=O)n(CC(=O)OC)c(=O)n1Cc1ccc(Cl)cc1. The predicted octanol–water partition coefficient (Wildman–Crippen LogP) is 3.04. The van der Waals surface area contributed by atoms with Gasteiger partial charge in [0.1, 0.15) is 6.54 Å². The van der Waals surface area contributed by atoms with E-state index in [0.29, 0.717) is 15.2 Å². The van der Waals surface area contributed by atoms with Gasteiger partial charge >= 0.3 is 17.3 Å². The highest BCUT2D eigenvalue weighted by atomic mass is 35.5. The van der Waals surface area contributed by atoms with E-state index in [1.165, 1.54) is 18.2 Å². The van der Waals surface area contributed by atoms with E-state index in [-0.39, 0.29) is 30.9 Å². The topological polar surface area (TPSA) is 104 Å². The fourth-order valence-electron chi connectivity index (χ4n) is 2.78. The van der Waals surface area contributed by atoms with Crippen molar-refractivity contribution in [2.75, 3.05) is 19.0 Å². The summed E-state index contributed by atoms with van der Waals surface area (Å²) in [5.41, 5.74) is -1.06. The Kier molecular flexibility index (Phi) is 9.81. The summed E-state index contributed by atoms with van der Waals surface area (Å²) in [7, 11) is 1.14. The monoisotopic (exact) mass is 492 g/mol. The largest absolute Gasteiger partial charge is 0.488 e. The first kappa shape index (κ1) is 26.6. The van der Waals surface area contributed by atoms with E-state index in [0.717, 1.165) is 11.7 Å². The van der Waals surface area contributed by atoms with Gasteiger partial charge in [0.2, 0.25) is 5.95 Å². The highest BCUT2D eigenvalue weighted by molar-refractivity contribution is 6.30. The molecule has 0 fully saturated rings. The van der Waals surface area contributed by atoms with Crippen LogP contribution in [0.4, 0.5) is 10.3 Å². The summed E-state index contributed by atoms with van der Waals surface area (Å²) in [5, 5.41) is 3.28. The molecule has 2 rings (SSSR count). The van der Waals surface area contributed by atoms with E-state index in [1.807, 2.05) is 0 Å². The third kappa shape index (κ3) is 7.45. The number of halogens is 2. The molecule has 0 saturated heterocycles. The first-order valence-corrected chi connectivity index (χ1v) is 10.7. The van der Waals surface area contributed by atoms with E-state index in [4.69, 9.17) is 16.3 Å². The van der Waals surface area contributed by atoms with Crippen molar-refractivity contribution in [1.82, 2.24) is 14.1 Å². The second-order valence-corrected chi connectivity index (χ2v) is 7.68. The summed E-state index contributed by atoms with van der Waals surface area (Å²) < 4.78 is 26.3. The zero-order valence-corrected chi connectivity index (χ0v) is 19.8. The number of nitrogens with one attached hydrogen (secondary N) is 1. The Bertz CT molecular complexity index is 1200. The molecule has 182 valence electrons. The minimum atomic E-state index is -0.954. The van der Waals surface area contributed by atoms with Gasteiger partial charge in [0.15, 0.2) is 11.6 Å². The summed E-state index contributed by atoms with van der Waals surface area (Å²) >= 11 is 5.92. The van der Waals surface area contributed by atoms with Gasteiger partial charge in [-0.15, -0.1) is 0 Å². The van der Waals surface area contributed by atoms with Gasteiger partial charge in [-0.1, -0.05) is 36.4 Å². The fraction of sp³-hybridized carbons (Fsp3) is 0.304. The van der Waals surface area contributed by atoms with Gasteiger partial charge in [-0.3, -0.25) is 9.36 Å². The zero-order chi connectivity index (χ0) is 25.3. The van der Waals surface area contributed by atoms with Crippen molar-refractivity contribution in [3.05, 3.63) is 92.2 Å². The highest BCUT2D eigenvalue weighted by Gasteiger charge is 2.16. The Balaban J connectivity index is 2.41. The smallest absolute Gasteiger partial charge is 0.355 e. The van der Waals surface area contributed by atoms with Gasteiger partial charge < -0.3 is 14.8 Å². The van der Waals surface area contributed by atoms with Crippen molar-refractivity contribution in [1.29, 1.82) is 0 Å². The fourth-order valence-corrected chi connectivity index (χ4v) is 2.90. The number of methoxy groups -OCH3 is 1. The van der Waals surface area contributed by atoms with Crippen molar-refractivity contribution in [2.45, 2.75) is 33.0 Å². The van der Waals surface area contributed by atoms with Crippen LogP contribution in [-0.2, 0) is 27.4 Å². The normalized spacial score (nSPS) is 11.9. The van der Waals surface area contributed by atoms with E-state index in [2.05, 4.69) is 21.6 Å². The van der Waals surface area contributed by atoms with Gasteiger partial charge in [-0.25, -0.2) is 18.5 Å². The minimum Gasteiger partial charge on any atom is -0.488 e. The maximum absolute atomic E-state index is 14.6. The third-order valence-corrected chi connectivity index (χ3v) is 4.58. The van der Waals surface area contributed by atoms with Crippen molar-refractivity contribution >= 4 is 23.5 Å². The van der Waals surface area contributed by atoms with Gasteiger partial charge in [-0.2, -0.15) is 4.98 Å². The van der Waals surface area contributed by atoms with Crippen LogP contribution in [0.2, 0.25) is 5.02 Å². The number of carbonyl (C=O) groups is 1. The van der Waals surface area contributed by atoms with Gasteiger partial charge in [0.25, 0.3) is 0 Å². The number of carbonyl (C=O) groups excluding carboxylic acids is 1. The van der Waals surface area contributed by atoms with E-state index in [1.54, 1.807) is 38.1 Å². The van der Waals surface area contributed by atoms with Crippen molar-refractivity contribution in [2.24, 2.45) is 0 Å². The molecule has 0 atom stereocenters. The molecule has 0 spiro atoms. The quantitative estimate of drug-likeness (QED) is 0.292. The number of rotatable bonds is 11. The summed E-state index contributed by atoms with van der Waals surface area (Å²) in [6.07, 6.45) is 3.70. The Morgan fingerprint density at radius 2 is 1.94 bits per heavy atom. The lowest BCUT2D eigenvalue weighted by Crippen LogP contribution is -2.44. The zero-order valence-electron chi connectivity index (χ0n) is 19.1. The van der Waals surface area contributed by atoms with Crippen LogP contribution < -0.4 is 16.7 Å². The lowest BCUT2D eigenvalue weighted by atomic mass is 10.2. The summed E-state index contributed by atoms with van der Waals surface area (Å²) in [6, 6.07) is 6.69. The lowest BCUT2D eigenvalue weighted by molar-refractivity contribution is -0.141. The Hall–Kier alpha value is -3.66. The van der Waals surface area contributed by atoms with Crippen LogP contribution in [0.5, 0.6) is 0 Å². The number of hydrogen-bond acceptors (Lipinski definition) is 7. The molecule has 1 aromatic heterocycles. The van der Waals surface area contributed by atoms with Crippen LogP contribution in [0.25, 0.3) is 0 Å². The molecule has 0 unspecified atom stereocenters. The molecule has 1 N–H and O–H groups in total. The van der Waals surface area contributed by atoms with Crippen LogP contribution in [0.1, 0.15) is 19.4 Å². The van der Waals surface area contributed by atoms with E-state index in [9.17, 15) is 18.8 Å². The summed E-state index contributed by atoms with van der Waals surface area (Å²) in [5.74, 6) is -1.55. The molecule has 11 heteroatoms. The molecule has 0 saturated carbocycles. The molecule has 0 aliphatic rings. The Morgan fingerprint density at radius 1 is 1.26 bits per heavy atom. The second-order valence-electron chi connectivity index (χ2n) is 7.24. The average molecular weight is 493 g/mol. The van der Waals surface area contributed by atoms with Crippen LogP contribution in [0, 0.1) is 0 Å². The minimum absolute atomic E-state index is 0.00758. The van der Waals surface area contributed by atoms with E-state index >= 15 is 0 Å². The maximum Gasteiger partial charge on any atom is 0.355 e. The third-order valence-electron chi connectivity index (χ3n) is 4.33. The number of esters is 1. The van der Waals surface area contributed by atoms with Crippen LogP contribution in [0.3, 0.4) is 0 Å². The van der Waals surface area contributed by atoms with Gasteiger partial charge in [0, 0.05) is 11.6 Å². The predicted molar refractivity (Wildman–Crippen MR) is 128 cm³/mol. The average Bonchev–Trinajstić information content (AvgIpc) is 2.79. The summed E-state index contributed by atoms with van der Waals surface area (Å²) in [6.45, 7) is 6.34. The first-order valence-electron chi connectivity index (χ1n) is 10.3. The number of nitrogens with zero attached hydrogens (tertiary/aromatic N) is 3. The van der Waals surface area contributed by atoms with Crippen molar-refractivity contribution in [3.8, 4) is 0 Å². The molecule has 0 aliphatic carbocycles. The molecule has 0 radical (unpaired) electrons. The molecular formula is C23H26ClFN4O5. The standard InChI is InChI=1S/C23H26ClFN4O5/c1-5-6-19(34-15(2)3)18(25)11-12-26-21-27-22(31)29(14-20(30)33-4)23(32)28(21)13-16-7-9-17(24)10-8-16/h5-11,15H,1,12-14H2,2-4H3,(H,26,27,31)/b18-11+,19-6+. The second kappa shape index (κ2) is 12.5. The Morgan fingerprint density at radius 3 is 2.53 bits per heavy atom. The number of aromatic nitrogens is 3. The number of benzene rings is 1. The number of hydrogen-bond donors (Lipinski definition) is 1. The Labute approximate surface area is 200 Å². The molecule has 34 heavy (non-hydrogen) atoms. The number of anilines is 1. The maximum atomic E-state index is 14.6. The molecule has 0 aliphatic heterocycles. The van der Waals surface area contributed by atoms with Crippen LogP contribution in [0.15, 0.2) is 70.2 Å². The lowest BCUT2D eigenvalue weighted by Gasteiger charge is -2.15. The first-order chi connectivity index (χ1) is 16.2. The molecule has 1 aromatic carbocycles. The van der Waals surface area contributed by atoms with Crippen molar-refractivity contribution < 1.29 is 18.7 Å². The molecule has 9 nitrogen and oxygen atoms in total. The van der Waals surface area contributed by atoms with Gasteiger partial charge in [0.05, 0.1) is 19.8 Å². The molecular weight excluding hydrogens is 467 g/mol. The molecule has 0 bridgehead atoms. The summed E-state index contributed by atoms with van der Waals surface area (Å²) in [4.78, 5) is 41.0. The highest BCUT2D eigenvalue weighted by Crippen LogP contribution is 2.16. The van der Waals surface area contributed by atoms with Crippen molar-refractivity contribution in [3.63, 3.8) is 0 Å². The number of allylic oxidation sites excluding steroid dienone is 3. The molecule has 2 aromatic rings.